The third-order valence-electron chi connectivity index (χ3n) is 7.30. The normalized spacial score (nSPS) is 19.1. The molecule has 2 fully saturated rings. The molecule has 6 heteroatoms. The highest BCUT2D eigenvalue weighted by atomic mass is 32.2. The molecule has 2 aromatic carbocycles. The molecule has 3 heterocycles. The lowest BCUT2D eigenvalue weighted by molar-refractivity contribution is 0.145. The van der Waals surface area contributed by atoms with E-state index in [4.69, 9.17) is 4.74 Å². The number of nitrogens with one attached hydrogen (secondary N) is 1. The highest BCUT2D eigenvalue weighted by Crippen LogP contribution is 2.36. The van der Waals surface area contributed by atoms with Gasteiger partial charge in [0.25, 0.3) is 0 Å². The van der Waals surface area contributed by atoms with Gasteiger partial charge in [0.05, 0.1) is 6.61 Å². The van der Waals surface area contributed by atoms with Crippen LogP contribution >= 0.6 is 11.9 Å². The van der Waals surface area contributed by atoms with Gasteiger partial charge in [-0.05, 0) is 93.1 Å². The summed E-state index contributed by atoms with van der Waals surface area (Å²) in [7, 11) is 2.20. The van der Waals surface area contributed by atoms with Crippen molar-refractivity contribution < 1.29 is 4.74 Å². The maximum atomic E-state index is 6.00. The number of rotatable bonds is 8. The van der Waals surface area contributed by atoms with Crippen molar-refractivity contribution in [2.45, 2.75) is 37.0 Å². The predicted octanol–water partition coefficient (Wildman–Crippen LogP) is 5.38. The van der Waals surface area contributed by atoms with Crippen LogP contribution in [-0.4, -0.2) is 78.6 Å². The van der Waals surface area contributed by atoms with Crippen molar-refractivity contribution in [3.05, 3.63) is 59.8 Å². The molecule has 0 radical (unpaired) electrons. The van der Waals surface area contributed by atoms with Crippen molar-refractivity contribution in [1.82, 2.24) is 19.1 Å². The first-order chi connectivity index (χ1) is 16.6. The van der Waals surface area contributed by atoms with E-state index in [-0.39, 0.29) is 0 Å². The summed E-state index contributed by atoms with van der Waals surface area (Å²) in [6, 6.07) is 15.4. The number of aryl methyl sites for hydroxylation is 1. The molecular formula is C28H38N4OS. The predicted molar refractivity (Wildman–Crippen MR) is 143 cm³/mol. The van der Waals surface area contributed by atoms with E-state index in [2.05, 4.69) is 81.7 Å². The summed E-state index contributed by atoms with van der Waals surface area (Å²) in [5.74, 6) is 1.63. The fourth-order valence-electron chi connectivity index (χ4n) is 5.15. The lowest BCUT2D eigenvalue weighted by Gasteiger charge is -2.32. The summed E-state index contributed by atoms with van der Waals surface area (Å²) in [5.41, 5.74) is 4.10. The third-order valence-corrected chi connectivity index (χ3v) is 8.41. The number of aromatic nitrogens is 1. The monoisotopic (exact) mass is 478 g/mol. The first-order valence-electron chi connectivity index (χ1n) is 12.8. The Morgan fingerprint density at radius 3 is 2.50 bits per heavy atom. The Balaban J connectivity index is 1.04. The lowest BCUT2D eigenvalue weighted by Crippen LogP contribution is -2.44. The number of likely N-dealkylation sites (N-methyl/N-ethyl adjacent to an activating group) is 1. The standard InChI is InChI=1S/C28H38N4OS/c1-22-4-9-28-26(20-22)27(21-29-28)23-10-13-32(14-11-23)34-25-7-5-24(6-8-25)33-19-3-12-31-17-15-30(2)16-18-31/h4-9,20-21,23,29H,3,10-19H2,1-2H3. The summed E-state index contributed by atoms with van der Waals surface area (Å²) in [6.45, 7) is 11.1. The van der Waals surface area contributed by atoms with Gasteiger partial charge in [0.2, 0.25) is 0 Å². The molecule has 0 spiro atoms. The summed E-state index contributed by atoms with van der Waals surface area (Å²) in [6.07, 6.45) is 5.75. The smallest absolute Gasteiger partial charge is 0.119 e. The lowest BCUT2D eigenvalue weighted by atomic mass is 9.90. The molecule has 0 saturated carbocycles. The van der Waals surface area contributed by atoms with Crippen LogP contribution in [0.5, 0.6) is 5.75 Å². The second kappa shape index (κ2) is 11.2. The number of hydrogen-bond donors (Lipinski definition) is 1. The molecule has 5 rings (SSSR count). The van der Waals surface area contributed by atoms with Gasteiger partial charge in [0.1, 0.15) is 5.75 Å². The molecule has 182 valence electrons. The number of ether oxygens (including phenoxy) is 1. The van der Waals surface area contributed by atoms with Crippen LogP contribution in [0.2, 0.25) is 0 Å². The molecule has 0 amide bonds. The molecule has 1 N–H and O–H groups in total. The van der Waals surface area contributed by atoms with Crippen molar-refractivity contribution >= 4 is 22.9 Å². The highest BCUT2D eigenvalue weighted by molar-refractivity contribution is 7.97. The average molecular weight is 479 g/mol. The quantitative estimate of drug-likeness (QED) is 0.347. The fourth-order valence-corrected chi connectivity index (χ4v) is 6.10. The second-order valence-corrected chi connectivity index (χ2v) is 11.1. The zero-order valence-corrected chi connectivity index (χ0v) is 21.4. The van der Waals surface area contributed by atoms with Crippen molar-refractivity contribution in [3.8, 4) is 5.75 Å². The first kappa shape index (κ1) is 23.7. The van der Waals surface area contributed by atoms with Gasteiger partial charge in [-0.15, -0.1) is 0 Å². The van der Waals surface area contributed by atoms with Crippen LogP contribution in [0.1, 0.15) is 36.3 Å². The SMILES string of the molecule is Cc1ccc2[nH]cc(C3CCN(Sc4ccc(OCCCN5CCN(C)CC5)cc4)CC3)c2c1. The Kier molecular flexibility index (Phi) is 7.80. The number of piperidine rings is 1. The van der Waals surface area contributed by atoms with E-state index < -0.39 is 0 Å². The maximum Gasteiger partial charge on any atom is 0.119 e. The van der Waals surface area contributed by atoms with Crippen LogP contribution in [-0.2, 0) is 0 Å². The highest BCUT2D eigenvalue weighted by Gasteiger charge is 2.23. The summed E-state index contributed by atoms with van der Waals surface area (Å²) in [5, 5.41) is 1.41. The van der Waals surface area contributed by atoms with Gasteiger partial charge in [-0.3, -0.25) is 0 Å². The zero-order chi connectivity index (χ0) is 23.3. The minimum atomic E-state index is 0.647. The van der Waals surface area contributed by atoms with Gasteiger partial charge >= 0.3 is 0 Å². The number of piperazine rings is 1. The third kappa shape index (κ3) is 5.98. The Morgan fingerprint density at radius 2 is 1.74 bits per heavy atom. The Labute approximate surface area is 208 Å². The van der Waals surface area contributed by atoms with Crippen LogP contribution in [0, 0.1) is 6.92 Å². The number of aromatic amines is 1. The van der Waals surface area contributed by atoms with Gasteiger partial charge in [0, 0.05) is 67.8 Å². The van der Waals surface area contributed by atoms with E-state index in [1.165, 1.54) is 65.9 Å². The topological polar surface area (TPSA) is 34.7 Å². The Hall–Kier alpha value is -1.99. The van der Waals surface area contributed by atoms with Crippen LogP contribution in [0.4, 0.5) is 0 Å². The van der Waals surface area contributed by atoms with Crippen molar-refractivity contribution in [2.24, 2.45) is 0 Å². The Bertz CT molecular complexity index is 1050. The molecule has 34 heavy (non-hydrogen) atoms. The zero-order valence-electron chi connectivity index (χ0n) is 20.6. The minimum absolute atomic E-state index is 0.647. The first-order valence-corrected chi connectivity index (χ1v) is 13.6. The molecule has 0 unspecified atom stereocenters. The molecule has 1 aromatic heterocycles. The molecule has 3 aromatic rings. The van der Waals surface area contributed by atoms with Crippen LogP contribution in [0.3, 0.4) is 0 Å². The van der Waals surface area contributed by atoms with E-state index in [1.807, 2.05) is 11.9 Å². The molecule has 0 atom stereocenters. The van der Waals surface area contributed by atoms with Gasteiger partial charge in [0.15, 0.2) is 0 Å². The molecular weight excluding hydrogens is 440 g/mol. The van der Waals surface area contributed by atoms with E-state index in [0.717, 1.165) is 38.4 Å². The van der Waals surface area contributed by atoms with E-state index in [1.54, 1.807) is 0 Å². The second-order valence-electron chi connectivity index (χ2n) is 9.91. The van der Waals surface area contributed by atoms with Crippen LogP contribution in [0.25, 0.3) is 10.9 Å². The number of benzene rings is 2. The van der Waals surface area contributed by atoms with Gasteiger partial charge in [-0.2, -0.15) is 0 Å². The van der Waals surface area contributed by atoms with Gasteiger partial charge in [-0.25, -0.2) is 4.31 Å². The molecule has 0 bridgehead atoms. The van der Waals surface area contributed by atoms with E-state index in [9.17, 15) is 0 Å². The largest absolute Gasteiger partial charge is 0.494 e. The van der Waals surface area contributed by atoms with E-state index in [0.29, 0.717) is 5.92 Å². The molecule has 2 saturated heterocycles. The number of fused-ring (bicyclic) bond motifs is 1. The molecule has 2 aliphatic heterocycles. The Morgan fingerprint density at radius 1 is 0.971 bits per heavy atom. The van der Waals surface area contributed by atoms with Crippen molar-refractivity contribution in [3.63, 3.8) is 0 Å². The summed E-state index contributed by atoms with van der Waals surface area (Å²) >= 11 is 1.89. The van der Waals surface area contributed by atoms with Crippen molar-refractivity contribution in [1.29, 1.82) is 0 Å². The van der Waals surface area contributed by atoms with Gasteiger partial charge in [-0.1, -0.05) is 11.6 Å². The number of H-pyrrole nitrogens is 1. The fraction of sp³-hybridized carbons (Fsp3) is 0.500. The molecule has 0 aliphatic carbocycles. The van der Waals surface area contributed by atoms with E-state index >= 15 is 0 Å². The summed E-state index contributed by atoms with van der Waals surface area (Å²) < 4.78 is 8.52. The van der Waals surface area contributed by atoms with Gasteiger partial charge < -0.3 is 19.5 Å². The minimum Gasteiger partial charge on any atom is -0.494 e. The number of nitrogens with zero attached hydrogens (tertiary/aromatic N) is 3. The maximum absolute atomic E-state index is 6.00. The van der Waals surface area contributed by atoms with Crippen LogP contribution in [0.15, 0.2) is 53.6 Å². The summed E-state index contributed by atoms with van der Waals surface area (Å²) in [4.78, 5) is 9.72. The average Bonchev–Trinajstić information content (AvgIpc) is 3.27. The van der Waals surface area contributed by atoms with Crippen LogP contribution < -0.4 is 4.74 Å². The molecule has 2 aliphatic rings. The molecule has 5 nitrogen and oxygen atoms in total. The van der Waals surface area contributed by atoms with Crippen molar-refractivity contribution in [2.75, 3.05) is 59.5 Å². The number of hydrogen-bond acceptors (Lipinski definition) is 5.